The van der Waals surface area contributed by atoms with Crippen LogP contribution in [0.4, 0.5) is 0 Å². The summed E-state index contributed by atoms with van der Waals surface area (Å²) in [5.74, 6) is -0.436. The van der Waals surface area contributed by atoms with Crippen molar-refractivity contribution in [3.05, 3.63) is 47.3 Å². The van der Waals surface area contributed by atoms with E-state index in [4.69, 9.17) is 10.8 Å². The van der Waals surface area contributed by atoms with Crippen LogP contribution < -0.4 is 5.73 Å². The monoisotopic (exact) mass is 285 g/mol. The molecule has 3 rings (SSSR count). The minimum atomic E-state index is -0.918. The van der Waals surface area contributed by atoms with E-state index in [-0.39, 0.29) is 5.56 Å². The molecule has 0 spiro atoms. The van der Waals surface area contributed by atoms with Crippen LogP contribution in [0.2, 0.25) is 0 Å². The Hall–Kier alpha value is -2.14. The van der Waals surface area contributed by atoms with Gasteiger partial charge in [-0.05, 0) is 61.9 Å². The van der Waals surface area contributed by atoms with Crippen molar-refractivity contribution in [2.24, 2.45) is 5.73 Å². The molecule has 0 saturated heterocycles. The number of hydrogen-bond acceptors (Lipinski definition) is 3. The summed E-state index contributed by atoms with van der Waals surface area (Å²) in [6.45, 7) is 0.684. The molecule has 5 nitrogen and oxygen atoms in total. The average molecular weight is 285 g/mol. The van der Waals surface area contributed by atoms with Crippen LogP contribution in [-0.4, -0.2) is 27.4 Å². The summed E-state index contributed by atoms with van der Waals surface area (Å²) in [7, 11) is 0. The maximum atomic E-state index is 11.1. The largest absolute Gasteiger partial charge is 0.478 e. The lowest BCUT2D eigenvalue weighted by Gasteiger charge is -2.22. The van der Waals surface area contributed by atoms with Crippen molar-refractivity contribution < 1.29 is 9.90 Å². The molecule has 2 aromatic rings. The highest BCUT2D eigenvalue weighted by molar-refractivity contribution is 5.88. The molecule has 0 saturated carbocycles. The smallest absolute Gasteiger partial charge is 0.335 e. The Bertz CT molecular complexity index is 663. The van der Waals surface area contributed by atoms with Crippen LogP contribution in [0.25, 0.3) is 5.69 Å². The van der Waals surface area contributed by atoms with Crippen LogP contribution in [0.15, 0.2) is 30.5 Å². The summed E-state index contributed by atoms with van der Waals surface area (Å²) >= 11 is 0. The Balaban J connectivity index is 2.01. The zero-order chi connectivity index (χ0) is 14.8. The minimum absolute atomic E-state index is 0.283. The van der Waals surface area contributed by atoms with Crippen molar-refractivity contribution >= 4 is 5.97 Å². The van der Waals surface area contributed by atoms with Crippen molar-refractivity contribution in [1.82, 2.24) is 9.78 Å². The van der Waals surface area contributed by atoms with E-state index in [0.717, 1.165) is 31.4 Å². The third-order valence-corrected chi connectivity index (χ3v) is 4.16. The molecular formula is C16H19N3O2. The van der Waals surface area contributed by atoms with Gasteiger partial charge in [0, 0.05) is 5.69 Å². The van der Waals surface area contributed by atoms with Gasteiger partial charge in [0.2, 0.25) is 0 Å². The Morgan fingerprint density at radius 1 is 1.48 bits per heavy atom. The molecule has 1 aliphatic rings. The van der Waals surface area contributed by atoms with E-state index in [2.05, 4.69) is 5.10 Å². The summed E-state index contributed by atoms with van der Waals surface area (Å²) in [6.07, 6.45) is 6.16. The highest BCUT2D eigenvalue weighted by atomic mass is 16.4. The molecule has 1 aliphatic carbocycles. The number of aromatic nitrogens is 2. The number of aromatic carboxylic acids is 1. The summed E-state index contributed by atoms with van der Waals surface area (Å²) in [4.78, 5) is 11.1. The van der Waals surface area contributed by atoms with E-state index in [1.807, 2.05) is 16.9 Å². The quantitative estimate of drug-likeness (QED) is 0.903. The summed E-state index contributed by atoms with van der Waals surface area (Å²) in [5, 5.41) is 13.6. The molecular weight excluding hydrogens is 266 g/mol. The fraction of sp³-hybridized carbons (Fsp3) is 0.375. The fourth-order valence-electron chi connectivity index (χ4n) is 3.14. The highest BCUT2D eigenvalue weighted by Gasteiger charge is 2.24. The van der Waals surface area contributed by atoms with E-state index >= 15 is 0 Å². The fourth-order valence-corrected chi connectivity index (χ4v) is 3.14. The van der Waals surface area contributed by atoms with Gasteiger partial charge >= 0.3 is 5.97 Å². The lowest BCUT2D eigenvalue weighted by molar-refractivity contribution is 0.0697. The van der Waals surface area contributed by atoms with Gasteiger partial charge < -0.3 is 10.8 Å². The second kappa shape index (κ2) is 5.69. The molecule has 21 heavy (non-hydrogen) atoms. The van der Waals surface area contributed by atoms with E-state index in [0.29, 0.717) is 12.5 Å². The zero-order valence-electron chi connectivity index (χ0n) is 11.8. The van der Waals surface area contributed by atoms with Crippen LogP contribution in [0, 0.1) is 0 Å². The molecule has 0 radical (unpaired) electrons. The normalized spacial score (nSPS) is 17.5. The zero-order valence-corrected chi connectivity index (χ0v) is 11.8. The molecule has 0 aliphatic heterocycles. The topological polar surface area (TPSA) is 81.1 Å². The lowest BCUT2D eigenvalue weighted by atomic mass is 9.85. The maximum absolute atomic E-state index is 11.1. The molecule has 0 bridgehead atoms. The molecule has 110 valence electrons. The summed E-state index contributed by atoms with van der Waals surface area (Å²) in [5.41, 5.74) is 9.26. The molecule has 0 fully saturated rings. The van der Waals surface area contributed by atoms with Crippen molar-refractivity contribution in [1.29, 1.82) is 0 Å². The Morgan fingerprint density at radius 2 is 2.33 bits per heavy atom. The van der Waals surface area contributed by atoms with Crippen molar-refractivity contribution in [2.75, 3.05) is 6.54 Å². The molecule has 1 heterocycles. The van der Waals surface area contributed by atoms with Gasteiger partial charge in [-0.1, -0.05) is 6.07 Å². The highest BCUT2D eigenvalue weighted by Crippen LogP contribution is 2.34. The number of carboxylic acid groups (broad SMARTS) is 1. The first-order valence-corrected chi connectivity index (χ1v) is 7.31. The van der Waals surface area contributed by atoms with E-state index in [1.54, 1.807) is 18.2 Å². The average Bonchev–Trinajstić information content (AvgIpc) is 2.93. The maximum Gasteiger partial charge on any atom is 0.335 e. The van der Waals surface area contributed by atoms with Gasteiger partial charge in [-0.3, -0.25) is 0 Å². The van der Waals surface area contributed by atoms with Gasteiger partial charge in [-0.2, -0.15) is 5.10 Å². The van der Waals surface area contributed by atoms with E-state index in [9.17, 15) is 4.79 Å². The van der Waals surface area contributed by atoms with Gasteiger partial charge in [-0.15, -0.1) is 0 Å². The number of hydrogen-bond donors (Lipinski definition) is 2. The summed E-state index contributed by atoms with van der Waals surface area (Å²) < 4.78 is 1.88. The van der Waals surface area contributed by atoms with E-state index < -0.39 is 5.97 Å². The van der Waals surface area contributed by atoms with Crippen LogP contribution >= 0.6 is 0 Å². The van der Waals surface area contributed by atoms with Gasteiger partial charge in [0.05, 0.1) is 17.4 Å². The third-order valence-electron chi connectivity index (χ3n) is 4.16. The van der Waals surface area contributed by atoms with Crippen LogP contribution in [0.3, 0.4) is 0 Å². The number of fused-ring (bicyclic) bond motifs is 1. The lowest BCUT2D eigenvalue weighted by Crippen LogP contribution is -2.15. The number of carbonyl (C=O) groups is 1. The molecule has 1 unspecified atom stereocenters. The molecule has 5 heteroatoms. The Morgan fingerprint density at radius 3 is 3.10 bits per heavy atom. The minimum Gasteiger partial charge on any atom is -0.478 e. The molecule has 0 amide bonds. The number of benzene rings is 1. The standard InChI is InChI=1S/C16H19N3O2/c17-8-7-11-3-2-6-15-14(11)10-18-19(15)13-5-1-4-12(9-13)16(20)21/h1,4-5,9-11H,2-3,6-8,17H2,(H,20,21). The van der Waals surface area contributed by atoms with Gasteiger partial charge in [-0.25, -0.2) is 9.48 Å². The van der Waals surface area contributed by atoms with Crippen molar-refractivity contribution in [3.8, 4) is 5.69 Å². The number of rotatable bonds is 4. The second-order valence-corrected chi connectivity index (χ2v) is 5.48. The third kappa shape index (κ3) is 2.56. The number of carboxylic acids is 1. The van der Waals surface area contributed by atoms with E-state index in [1.165, 1.54) is 11.3 Å². The number of nitrogens with two attached hydrogens (primary N) is 1. The summed E-state index contributed by atoms with van der Waals surface area (Å²) in [6, 6.07) is 6.92. The molecule has 1 atom stereocenters. The van der Waals surface area contributed by atoms with Crippen molar-refractivity contribution in [3.63, 3.8) is 0 Å². The molecule has 1 aromatic heterocycles. The van der Waals surface area contributed by atoms with Gasteiger partial charge in [0.1, 0.15) is 0 Å². The SMILES string of the molecule is NCCC1CCCc2c1cnn2-c1cccc(C(=O)O)c1. The predicted octanol–water partition coefficient (Wildman–Crippen LogP) is 2.34. The first-order chi connectivity index (χ1) is 10.2. The second-order valence-electron chi connectivity index (χ2n) is 5.48. The van der Waals surface area contributed by atoms with Gasteiger partial charge in [0.25, 0.3) is 0 Å². The number of nitrogens with zero attached hydrogens (tertiary/aromatic N) is 2. The Labute approximate surface area is 123 Å². The molecule has 3 N–H and O–H groups in total. The van der Waals surface area contributed by atoms with Crippen molar-refractivity contribution in [2.45, 2.75) is 31.6 Å². The predicted molar refractivity (Wildman–Crippen MR) is 79.9 cm³/mol. The first kappa shape index (κ1) is 13.8. The first-order valence-electron chi connectivity index (χ1n) is 7.31. The van der Waals surface area contributed by atoms with Crippen LogP contribution in [-0.2, 0) is 6.42 Å². The van der Waals surface area contributed by atoms with Crippen LogP contribution in [0.1, 0.15) is 46.8 Å². The Kier molecular flexibility index (Phi) is 3.75. The molecule has 1 aromatic carbocycles. The van der Waals surface area contributed by atoms with Gasteiger partial charge in [0.15, 0.2) is 0 Å². The van der Waals surface area contributed by atoms with Crippen LogP contribution in [0.5, 0.6) is 0 Å².